The lowest BCUT2D eigenvalue weighted by atomic mass is 10.3. The molecule has 4 nitrogen and oxygen atoms in total. The van der Waals surface area contributed by atoms with Crippen molar-refractivity contribution in [3.8, 4) is 0 Å². The fourth-order valence-electron chi connectivity index (χ4n) is 1.49. The topological polar surface area (TPSA) is 47.5 Å². The number of nitrogens with zero attached hydrogens (tertiary/aromatic N) is 1. The van der Waals surface area contributed by atoms with Crippen molar-refractivity contribution in [1.29, 1.82) is 0 Å². The highest BCUT2D eigenvalue weighted by atomic mass is 16.3. The molecule has 1 rings (SSSR count). The monoisotopic (exact) mass is 335 g/mol. The van der Waals surface area contributed by atoms with E-state index in [1.54, 1.807) is 36.3 Å². The molecule has 0 saturated heterocycles. The van der Waals surface area contributed by atoms with Crippen LogP contribution in [0, 0.1) is 0 Å². The largest absolute Gasteiger partial charge is 0.506 e. The van der Waals surface area contributed by atoms with Crippen molar-refractivity contribution in [3.63, 3.8) is 0 Å². The van der Waals surface area contributed by atoms with E-state index in [9.17, 15) is 5.11 Å². The van der Waals surface area contributed by atoms with Crippen LogP contribution >= 0.6 is 0 Å². The summed E-state index contributed by atoms with van der Waals surface area (Å²) in [5, 5.41) is 11.5. The average molecular weight is 336 g/mol. The highest BCUT2D eigenvalue weighted by Crippen LogP contribution is 2.18. The van der Waals surface area contributed by atoms with Gasteiger partial charge in [0, 0.05) is 0 Å². The molecule has 0 atom stereocenters. The summed E-state index contributed by atoms with van der Waals surface area (Å²) in [5.74, 6) is 0.153. The summed E-state index contributed by atoms with van der Waals surface area (Å²) < 4.78 is 0. The molecule has 1 aliphatic heterocycles. The Labute approximate surface area is 149 Å². The van der Waals surface area contributed by atoms with E-state index in [2.05, 4.69) is 24.0 Å². The highest BCUT2D eigenvalue weighted by molar-refractivity contribution is 5.36. The first-order valence-electron chi connectivity index (χ1n) is 8.69. The van der Waals surface area contributed by atoms with E-state index in [0.717, 1.165) is 11.4 Å². The van der Waals surface area contributed by atoms with Crippen LogP contribution in [-0.2, 0) is 0 Å². The molecule has 0 aromatic carbocycles. The standard InChI is InChI=1S/C14H19N3O.3C2H6/c1-5-9-12-11(7-3)15-17(16-12)13(10-6-2)14(18)8-4;3*1-2/h5-10,15-16,18H,2-3H2,1,4H3;3*1-2H3/b9-5-,13-10+,14-8+;;;. The van der Waals surface area contributed by atoms with Crippen LogP contribution in [0.2, 0.25) is 0 Å². The smallest absolute Gasteiger partial charge is 0.138 e. The molecule has 0 bridgehead atoms. The second kappa shape index (κ2) is 18.7. The molecule has 0 aliphatic carbocycles. The van der Waals surface area contributed by atoms with E-state index in [-0.39, 0.29) is 5.76 Å². The van der Waals surface area contributed by atoms with E-state index in [0.29, 0.717) is 5.70 Å². The first-order valence-corrected chi connectivity index (χ1v) is 8.69. The zero-order valence-electron chi connectivity index (χ0n) is 16.8. The SMILES string of the molecule is C=C/C=C(\C(O)=C/C)N1NC(C=C)=C(/C=C\C)N1.CC.CC.CC. The Morgan fingerprint density at radius 3 is 1.83 bits per heavy atom. The van der Waals surface area contributed by atoms with Crippen molar-refractivity contribution >= 4 is 0 Å². The Bertz CT molecular complexity index is 458. The fourth-order valence-corrected chi connectivity index (χ4v) is 1.49. The molecule has 0 aromatic rings. The summed E-state index contributed by atoms with van der Waals surface area (Å²) in [6.45, 7) is 23.1. The first-order chi connectivity index (χ1) is 11.7. The molecule has 0 aromatic heterocycles. The second-order valence-electron chi connectivity index (χ2n) is 3.55. The van der Waals surface area contributed by atoms with Crippen LogP contribution in [0.15, 0.2) is 72.5 Å². The maximum absolute atomic E-state index is 9.85. The fraction of sp³-hybridized carbons (Fsp3) is 0.400. The summed E-state index contributed by atoms with van der Waals surface area (Å²) in [4.78, 5) is 0. The van der Waals surface area contributed by atoms with Crippen molar-refractivity contribution in [1.82, 2.24) is 16.0 Å². The van der Waals surface area contributed by atoms with E-state index in [1.807, 2.05) is 60.6 Å². The van der Waals surface area contributed by atoms with E-state index >= 15 is 0 Å². The number of hydrogen-bond donors (Lipinski definition) is 3. The van der Waals surface area contributed by atoms with Gasteiger partial charge in [0.2, 0.25) is 0 Å². The lowest BCUT2D eigenvalue weighted by Crippen LogP contribution is -2.39. The predicted molar refractivity (Wildman–Crippen MR) is 109 cm³/mol. The minimum atomic E-state index is 0.153. The summed E-state index contributed by atoms with van der Waals surface area (Å²) in [6, 6.07) is 0. The molecule has 0 saturated carbocycles. The van der Waals surface area contributed by atoms with Crippen molar-refractivity contribution in [2.24, 2.45) is 0 Å². The predicted octanol–water partition coefficient (Wildman–Crippen LogP) is 5.90. The number of hydrazine groups is 2. The lowest BCUT2D eigenvalue weighted by molar-refractivity contribution is 0.230. The van der Waals surface area contributed by atoms with Gasteiger partial charge in [-0.25, -0.2) is 0 Å². The minimum absolute atomic E-state index is 0.153. The van der Waals surface area contributed by atoms with Crippen molar-refractivity contribution in [3.05, 3.63) is 72.5 Å². The van der Waals surface area contributed by atoms with Gasteiger partial charge in [0.15, 0.2) is 0 Å². The van der Waals surface area contributed by atoms with Crippen molar-refractivity contribution in [2.45, 2.75) is 55.4 Å². The Morgan fingerprint density at radius 2 is 1.46 bits per heavy atom. The lowest BCUT2D eigenvalue weighted by Gasteiger charge is -2.22. The second-order valence-corrected chi connectivity index (χ2v) is 3.55. The van der Waals surface area contributed by atoms with Gasteiger partial charge in [-0.1, -0.05) is 66.9 Å². The van der Waals surface area contributed by atoms with Gasteiger partial charge < -0.3 is 5.11 Å². The number of aliphatic hydroxyl groups excluding tert-OH is 1. The van der Waals surface area contributed by atoms with E-state index in [1.165, 1.54) is 0 Å². The van der Waals surface area contributed by atoms with Crippen LogP contribution in [0.4, 0.5) is 0 Å². The van der Waals surface area contributed by atoms with Crippen LogP contribution < -0.4 is 10.9 Å². The number of nitrogens with one attached hydrogen (secondary N) is 2. The third kappa shape index (κ3) is 8.93. The quantitative estimate of drug-likeness (QED) is 0.433. The molecule has 0 fully saturated rings. The first kappa shape index (κ1) is 26.5. The van der Waals surface area contributed by atoms with Crippen LogP contribution in [0.5, 0.6) is 0 Å². The third-order valence-corrected chi connectivity index (χ3v) is 2.34. The molecule has 1 heterocycles. The van der Waals surface area contributed by atoms with Gasteiger partial charge in [-0.2, -0.15) is 5.12 Å². The zero-order valence-corrected chi connectivity index (χ0v) is 16.8. The molecule has 24 heavy (non-hydrogen) atoms. The third-order valence-electron chi connectivity index (χ3n) is 2.34. The van der Waals surface area contributed by atoms with Crippen molar-refractivity contribution in [2.75, 3.05) is 0 Å². The summed E-state index contributed by atoms with van der Waals surface area (Å²) in [5.41, 5.74) is 8.51. The van der Waals surface area contributed by atoms with E-state index < -0.39 is 0 Å². The van der Waals surface area contributed by atoms with Crippen LogP contribution in [0.25, 0.3) is 0 Å². The number of rotatable bonds is 5. The molecular weight excluding hydrogens is 298 g/mol. The molecular formula is C20H37N3O. The maximum atomic E-state index is 9.85. The molecule has 3 N–H and O–H groups in total. The Morgan fingerprint density at radius 1 is 0.958 bits per heavy atom. The molecule has 4 heteroatoms. The van der Waals surface area contributed by atoms with E-state index in [4.69, 9.17) is 0 Å². The molecule has 1 aliphatic rings. The minimum Gasteiger partial charge on any atom is -0.506 e. The maximum Gasteiger partial charge on any atom is 0.138 e. The van der Waals surface area contributed by atoms with Gasteiger partial charge >= 0.3 is 0 Å². The summed E-state index contributed by atoms with van der Waals surface area (Å²) in [6.07, 6.45) is 10.5. The number of hydrogen-bond acceptors (Lipinski definition) is 4. The Kier molecular flexibility index (Phi) is 20.7. The van der Waals surface area contributed by atoms with Gasteiger partial charge in [0.1, 0.15) is 11.5 Å². The van der Waals surface area contributed by atoms with Gasteiger partial charge in [0.05, 0.1) is 11.4 Å². The molecule has 138 valence electrons. The Balaban J connectivity index is -0.000000659. The number of allylic oxidation sites excluding steroid dienone is 6. The highest BCUT2D eigenvalue weighted by Gasteiger charge is 2.20. The number of aliphatic hydroxyl groups is 1. The van der Waals surface area contributed by atoms with Crippen LogP contribution in [0.3, 0.4) is 0 Å². The normalized spacial score (nSPS) is 13.4. The van der Waals surface area contributed by atoms with Crippen LogP contribution in [0.1, 0.15) is 55.4 Å². The molecule has 0 spiro atoms. The average Bonchev–Trinajstić information content (AvgIpc) is 3.07. The van der Waals surface area contributed by atoms with Gasteiger partial charge in [-0.05, 0) is 38.2 Å². The Hall–Kier alpha value is -2.36. The summed E-state index contributed by atoms with van der Waals surface area (Å²) >= 11 is 0. The molecule has 0 unspecified atom stereocenters. The van der Waals surface area contributed by atoms with Gasteiger partial charge in [0.25, 0.3) is 0 Å². The molecule has 0 radical (unpaired) electrons. The van der Waals surface area contributed by atoms with Crippen molar-refractivity contribution < 1.29 is 5.11 Å². The van der Waals surface area contributed by atoms with Crippen LogP contribution in [-0.4, -0.2) is 10.2 Å². The van der Waals surface area contributed by atoms with Gasteiger partial charge in [-0.15, -0.1) is 0 Å². The molecule has 0 amide bonds. The zero-order chi connectivity index (χ0) is 19.5. The summed E-state index contributed by atoms with van der Waals surface area (Å²) in [7, 11) is 0. The van der Waals surface area contributed by atoms with Gasteiger partial charge in [-0.3, -0.25) is 10.9 Å².